The zero-order valence-electron chi connectivity index (χ0n) is 14.5. The lowest BCUT2D eigenvalue weighted by Crippen LogP contribution is -2.26. The first-order valence-corrected chi connectivity index (χ1v) is 9.19. The average molecular weight is 347 g/mol. The van der Waals surface area contributed by atoms with Crippen molar-refractivity contribution in [1.82, 2.24) is 5.32 Å². The second kappa shape index (κ2) is 9.33. The predicted octanol–water partition coefficient (Wildman–Crippen LogP) is 4.36. The molecule has 0 bridgehead atoms. The van der Waals surface area contributed by atoms with Gasteiger partial charge < -0.3 is 14.8 Å². The molecular weight excluding hydrogens is 322 g/mol. The molecule has 2 aromatic rings. The lowest BCUT2D eigenvalue weighted by Gasteiger charge is -2.17. The highest BCUT2D eigenvalue weighted by atomic mass is 32.1. The van der Waals surface area contributed by atoms with Gasteiger partial charge in [-0.25, -0.2) is 0 Å². The van der Waals surface area contributed by atoms with Gasteiger partial charge in [0.15, 0.2) is 11.5 Å². The Labute approximate surface area is 147 Å². The minimum atomic E-state index is -0.0749. The van der Waals surface area contributed by atoms with Gasteiger partial charge in [-0.3, -0.25) is 4.79 Å². The number of methoxy groups -OCH3 is 1. The molecule has 0 aliphatic carbocycles. The lowest BCUT2D eigenvalue weighted by molar-refractivity contribution is -0.121. The van der Waals surface area contributed by atoms with Crippen molar-refractivity contribution in [3.63, 3.8) is 0 Å². The number of hydrogen-bond acceptors (Lipinski definition) is 4. The molecule has 1 atom stereocenters. The molecule has 0 saturated carbocycles. The number of nitrogens with one attached hydrogen (secondary N) is 1. The molecule has 4 nitrogen and oxygen atoms in total. The Hall–Kier alpha value is -2.01. The molecule has 0 spiro atoms. The van der Waals surface area contributed by atoms with E-state index in [1.807, 2.05) is 30.5 Å². The van der Waals surface area contributed by atoms with Crippen LogP contribution >= 0.6 is 11.3 Å². The first kappa shape index (κ1) is 18.3. The number of carbonyl (C=O) groups is 1. The van der Waals surface area contributed by atoms with Gasteiger partial charge in [-0.05, 0) is 59.9 Å². The Morgan fingerprint density at radius 1 is 1.29 bits per heavy atom. The van der Waals surface area contributed by atoms with E-state index >= 15 is 0 Å². The molecule has 0 fully saturated rings. The third kappa shape index (κ3) is 5.27. The number of aryl methyl sites for hydroxylation is 1. The second-order valence-electron chi connectivity index (χ2n) is 5.68. The van der Waals surface area contributed by atoms with Crippen molar-refractivity contribution in [2.45, 2.75) is 39.2 Å². The van der Waals surface area contributed by atoms with Crippen LogP contribution in [0.3, 0.4) is 0 Å². The van der Waals surface area contributed by atoms with Crippen LogP contribution in [0, 0.1) is 0 Å². The molecule has 0 radical (unpaired) electrons. The summed E-state index contributed by atoms with van der Waals surface area (Å²) in [6, 6.07) is 7.78. The molecule has 1 amide bonds. The number of benzene rings is 1. The molecular formula is C19H25NO3S. The van der Waals surface area contributed by atoms with Crippen molar-refractivity contribution in [3.05, 3.63) is 46.2 Å². The molecule has 130 valence electrons. The van der Waals surface area contributed by atoms with Gasteiger partial charge in [-0.15, -0.1) is 0 Å². The highest BCUT2D eigenvalue weighted by Gasteiger charge is 2.13. The fourth-order valence-corrected chi connectivity index (χ4v) is 3.08. The molecule has 1 heterocycles. The normalized spacial score (nSPS) is 11.8. The van der Waals surface area contributed by atoms with E-state index in [1.54, 1.807) is 18.4 Å². The van der Waals surface area contributed by atoms with Gasteiger partial charge in [0, 0.05) is 6.42 Å². The molecule has 1 aromatic carbocycles. The third-order valence-corrected chi connectivity index (χ3v) is 4.48. The molecule has 0 saturated heterocycles. The minimum Gasteiger partial charge on any atom is -0.493 e. The second-order valence-corrected chi connectivity index (χ2v) is 6.46. The summed E-state index contributed by atoms with van der Waals surface area (Å²) in [5.41, 5.74) is 2.21. The van der Waals surface area contributed by atoms with Crippen LogP contribution in [-0.4, -0.2) is 19.6 Å². The van der Waals surface area contributed by atoms with Crippen LogP contribution in [0.4, 0.5) is 0 Å². The zero-order chi connectivity index (χ0) is 17.4. The zero-order valence-corrected chi connectivity index (χ0v) is 15.3. The summed E-state index contributed by atoms with van der Waals surface area (Å²) in [6.45, 7) is 4.70. The number of ether oxygens (including phenoxy) is 2. The van der Waals surface area contributed by atoms with E-state index in [9.17, 15) is 4.79 Å². The van der Waals surface area contributed by atoms with E-state index in [-0.39, 0.29) is 11.9 Å². The number of amides is 1. The fourth-order valence-electron chi connectivity index (χ4n) is 2.37. The van der Waals surface area contributed by atoms with Crippen LogP contribution < -0.4 is 14.8 Å². The van der Waals surface area contributed by atoms with E-state index in [1.165, 1.54) is 5.56 Å². The summed E-state index contributed by atoms with van der Waals surface area (Å²) in [5, 5.41) is 7.15. The van der Waals surface area contributed by atoms with Crippen LogP contribution in [0.25, 0.3) is 0 Å². The average Bonchev–Trinajstić information content (AvgIpc) is 3.11. The van der Waals surface area contributed by atoms with Crippen LogP contribution in [-0.2, 0) is 11.2 Å². The maximum Gasteiger partial charge on any atom is 0.220 e. The van der Waals surface area contributed by atoms with Gasteiger partial charge in [0.1, 0.15) is 0 Å². The number of hydrogen-bond donors (Lipinski definition) is 1. The summed E-state index contributed by atoms with van der Waals surface area (Å²) >= 11 is 1.66. The molecule has 0 unspecified atom stereocenters. The van der Waals surface area contributed by atoms with Gasteiger partial charge in [0.2, 0.25) is 5.91 Å². The maximum atomic E-state index is 12.1. The van der Waals surface area contributed by atoms with Crippen molar-refractivity contribution in [2.24, 2.45) is 0 Å². The van der Waals surface area contributed by atoms with Gasteiger partial charge in [0.05, 0.1) is 19.8 Å². The number of rotatable bonds is 9. The SMILES string of the molecule is CCCOc1ccc([C@@H](C)NC(=O)CCc2ccsc2)cc1OC. The lowest BCUT2D eigenvalue weighted by atomic mass is 10.1. The monoisotopic (exact) mass is 347 g/mol. The highest BCUT2D eigenvalue weighted by Crippen LogP contribution is 2.30. The van der Waals surface area contributed by atoms with E-state index in [2.05, 4.69) is 23.7 Å². The van der Waals surface area contributed by atoms with Gasteiger partial charge in [-0.1, -0.05) is 13.0 Å². The Balaban J connectivity index is 1.93. The van der Waals surface area contributed by atoms with Gasteiger partial charge in [-0.2, -0.15) is 11.3 Å². The molecule has 2 rings (SSSR count). The largest absolute Gasteiger partial charge is 0.493 e. The topological polar surface area (TPSA) is 47.6 Å². The quantitative estimate of drug-likeness (QED) is 0.733. The Morgan fingerprint density at radius 2 is 2.12 bits per heavy atom. The standard InChI is InChI=1S/C19H25NO3S/c1-4-10-23-17-7-6-16(12-18(17)22-3)14(2)20-19(21)8-5-15-9-11-24-13-15/h6-7,9,11-14H,4-5,8,10H2,1-3H3,(H,20,21)/t14-/m1/s1. The Bertz CT molecular complexity index is 640. The van der Waals surface area contributed by atoms with E-state index in [0.717, 1.165) is 24.2 Å². The summed E-state index contributed by atoms with van der Waals surface area (Å²) in [4.78, 5) is 12.1. The molecule has 0 aliphatic rings. The predicted molar refractivity (Wildman–Crippen MR) is 98.0 cm³/mol. The van der Waals surface area contributed by atoms with Crippen molar-refractivity contribution in [2.75, 3.05) is 13.7 Å². The summed E-state index contributed by atoms with van der Waals surface area (Å²) in [7, 11) is 1.63. The van der Waals surface area contributed by atoms with E-state index < -0.39 is 0 Å². The summed E-state index contributed by atoms with van der Waals surface area (Å²) in [5.74, 6) is 1.48. The molecule has 0 aliphatic heterocycles. The van der Waals surface area contributed by atoms with Crippen molar-refractivity contribution in [3.8, 4) is 11.5 Å². The van der Waals surface area contributed by atoms with Crippen LogP contribution in [0.5, 0.6) is 11.5 Å². The minimum absolute atomic E-state index is 0.0546. The third-order valence-electron chi connectivity index (χ3n) is 3.75. The smallest absolute Gasteiger partial charge is 0.220 e. The molecule has 5 heteroatoms. The van der Waals surface area contributed by atoms with Gasteiger partial charge >= 0.3 is 0 Å². The van der Waals surface area contributed by atoms with Crippen molar-refractivity contribution < 1.29 is 14.3 Å². The molecule has 1 aromatic heterocycles. The number of carbonyl (C=O) groups excluding carboxylic acids is 1. The van der Waals surface area contributed by atoms with Crippen LogP contribution in [0.2, 0.25) is 0 Å². The molecule has 1 N–H and O–H groups in total. The Kier molecular flexibility index (Phi) is 7.12. The number of thiophene rings is 1. The summed E-state index contributed by atoms with van der Waals surface area (Å²) < 4.78 is 11.1. The van der Waals surface area contributed by atoms with E-state index in [4.69, 9.17) is 9.47 Å². The highest BCUT2D eigenvalue weighted by molar-refractivity contribution is 7.07. The first-order chi connectivity index (χ1) is 11.6. The van der Waals surface area contributed by atoms with Crippen LogP contribution in [0.15, 0.2) is 35.0 Å². The van der Waals surface area contributed by atoms with E-state index in [0.29, 0.717) is 18.8 Å². The molecule has 24 heavy (non-hydrogen) atoms. The maximum absolute atomic E-state index is 12.1. The van der Waals surface area contributed by atoms with Gasteiger partial charge in [0.25, 0.3) is 0 Å². The Morgan fingerprint density at radius 3 is 2.79 bits per heavy atom. The first-order valence-electron chi connectivity index (χ1n) is 8.25. The fraction of sp³-hybridized carbons (Fsp3) is 0.421. The van der Waals surface area contributed by atoms with Crippen LogP contribution in [0.1, 0.15) is 43.9 Å². The van der Waals surface area contributed by atoms with Crippen molar-refractivity contribution in [1.29, 1.82) is 0 Å². The summed E-state index contributed by atoms with van der Waals surface area (Å²) in [6.07, 6.45) is 2.21. The van der Waals surface area contributed by atoms with Crippen molar-refractivity contribution >= 4 is 17.2 Å².